The number of hydrogen-bond donors (Lipinski definition) is 0. The second-order valence-electron chi connectivity index (χ2n) is 5.66. The van der Waals surface area contributed by atoms with Crippen molar-refractivity contribution in [1.82, 2.24) is 9.88 Å². The number of amides is 1. The van der Waals surface area contributed by atoms with Crippen LogP contribution in [-0.4, -0.2) is 41.6 Å². The summed E-state index contributed by atoms with van der Waals surface area (Å²) in [6, 6.07) is 11.5. The van der Waals surface area contributed by atoms with E-state index in [9.17, 15) is 4.79 Å². The van der Waals surface area contributed by atoms with E-state index >= 15 is 0 Å². The van der Waals surface area contributed by atoms with Gasteiger partial charge >= 0.3 is 0 Å². The third kappa shape index (κ3) is 4.30. The molecule has 0 bridgehead atoms. The first-order chi connectivity index (χ1) is 11.2. The average Bonchev–Trinajstić information content (AvgIpc) is 2.58. The second-order valence-corrected chi connectivity index (χ2v) is 6.07. The lowest BCUT2D eigenvalue weighted by Gasteiger charge is -2.33. The summed E-state index contributed by atoms with van der Waals surface area (Å²) in [5.41, 5.74) is 2.04. The Labute approximate surface area is 141 Å². The molecular formula is C18H19ClN2O2. The molecular weight excluding hydrogens is 312 g/mol. The van der Waals surface area contributed by atoms with Crippen LogP contribution in [0.2, 0.25) is 5.02 Å². The first kappa shape index (κ1) is 16.0. The van der Waals surface area contributed by atoms with E-state index in [-0.39, 0.29) is 12.0 Å². The number of rotatable bonds is 4. The molecule has 3 rings (SSSR count). The molecule has 2 aromatic rings. The highest BCUT2D eigenvalue weighted by atomic mass is 35.5. The van der Waals surface area contributed by atoms with Gasteiger partial charge in [-0.3, -0.25) is 9.78 Å². The SMILES string of the molecule is O=C(Cc1ccncc1)N1CCOC(Cc2ccccc2Cl)C1. The third-order valence-corrected chi connectivity index (χ3v) is 4.37. The highest BCUT2D eigenvalue weighted by Crippen LogP contribution is 2.19. The molecule has 0 saturated carbocycles. The Morgan fingerprint density at radius 1 is 1.26 bits per heavy atom. The van der Waals surface area contributed by atoms with Crippen LogP contribution in [0, 0.1) is 0 Å². The number of ether oxygens (including phenoxy) is 1. The number of morpholine rings is 1. The fourth-order valence-corrected chi connectivity index (χ4v) is 2.98. The fraction of sp³-hybridized carbons (Fsp3) is 0.333. The number of nitrogens with zero attached hydrogens (tertiary/aromatic N) is 2. The number of halogens is 1. The maximum atomic E-state index is 12.5. The molecule has 1 saturated heterocycles. The lowest BCUT2D eigenvalue weighted by Crippen LogP contribution is -2.46. The van der Waals surface area contributed by atoms with Crippen molar-refractivity contribution in [2.75, 3.05) is 19.7 Å². The first-order valence-electron chi connectivity index (χ1n) is 7.74. The molecule has 1 aliphatic rings. The van der Waals surface area contributed by atoms with Crippen molar-refractivity contribution in [3.63, 3.8) is 0 Å². The predicted octanol–water partition coefficient (Wildman–Crippen LogP) is 2.75. The molecule has 0 aliphatic carbocycles. The standard InChI is InChI=1S/C18H19ClN2O2/c19-17-4-2-1-3-15(17)12-16-13-21(9-10-23-16)18(22)11-14-5-7-20-8-6-14/h1-8,16H,9-13H2. The zero-order chi connectivity index (χ0) is 16.1. The number of hydrogen-bond acceptors (Lipinski definition) is 3. The highest BCUT2D eigenvalue weighted by molar-refractivity contribution is 6.31. The molecule has 0 N–H and O–H groups in total. The van der Waals surface area contributed by atoms with Gasteiger partial charge in [0.1, 0.15) is 0 Å². The van der Waals surface area contributed by atoms with Gasteiger partial charge in [-0.1, -0.05) is 29.8 Å². The largest absolute Gasteiger partial charge is 0.374 e. The Balaban J connectivity index is 1.59. The van der Waals surface area contributed by atoms with Crippen molar-refractivity contribution < 1.29 is 9.53 Å². The quantitative estimate of drug-likeness (QED) is 0.865. The number of benzene rings is 1. The van der Waals surface area contributed by atoms with Crippen molar-refractivity contribution in [2.24, 2.45) is 0 Å². The van der Waals surface area contributed by atoms with Gasteiger partial charge in [0.25, 0.3) is 0 Å². The molecule has 1 aliphatic heterocycles. The van der Waals surface area contributed by atoms with Crippen molar-refractivity contribution in [2.45, 2.75) is 18.9 Å². The Hall–Kier alpha value is -1.91. The summed E-state index contributed by atoms with van der Waals surface area (Å²) >= 11 is 6.21. The molecule has 23 heavy (non-hydrogen) atoms. The van der Waals surface area contributed by atoms with Crippen LogP contribution in [0.3, 0.4) is 0 Å². The van der Waals surface area contributed by atoms with E-state index in [1.165, 1.54) is 0 Å². The zero-order valence-electron chi connectivity index (χ0n) is 12.8. The van der Waals surface area contributed by atoms with Gasteiger partial charge in [0.15, 0.2) is 0 Å². The molecule has 1 aromatic carbocycles. The van der Waals surface area contributed by atoms with E-state index in [2.05, 4.69) is 4.98 Å². The lowest BCUT2D eigenvalue weighted by molar-refractivity contribution is -0.138. The molecule has 120 valence electrons. The number of carbonyl (C=O) groups is 1. The Bertz CT molecular complexity index is 663. The van der Waals surface area contributed by atoms with Gasteiger partial charge in [-0.2, -0.15) is 0 Å². The van der Waals surface area contributed by atoms with Crippen LogP contribution in [0.4, 0.5) is 0 Å². The minimum absolute atomic E-state index is 0.00922. The summed E-state index contributed by atoms with van der Waals surface area (Å²) in [7, 11) is 0. The summed E-state index contributed by atoms with van der Waals surface area (Å²) in [6.07, 6.45) is 4.54. The molecule has 1 amide bonds. The number of pyridine rings is 1. The molecule has 1 atom stereocenters. The summed E-state index contributed by atoms with van der Waals surface area (Å²) in [5, 5.41) is 0.747. The topological polar surface area (TPSA) is 42.4 Å². The summed E-state index contributed by atoms with van der Waals surface area (Å²) < 4.78 is 5.80. The van der Waals surface area contributed by atoms with Crippen molar-refractivity contribution in [1.29, 1.82) is 0 Å². The van der Waals surface area contributed by atoms with Gasteiger partial charge in [0.05, 0.1) is 19.1 Å². The monoisotopic (exact) mass is 330 g/mol. The fourth-order valence-electron chi connectivity index (χ4n) is 2.77. The molecule has 5 heteroatoms. The van der Waals surface area contributed by atoms with E-state index < -0.39 is 0 Å². The van der Waals surface area contributed by atoms with E-state index in [0.717, 1.165) is 22.6 Å². The van der Waals surface area contributed by atoms with Crippen LogP contribution in [0.15, 0.2) is 48.8 Å². The Morgan fingerprint density at radius 3 is 2.83 bits per heavy atom. The smallest absolute Gasteiger partial charge is 0.227 e. The van der Waals surface area contributed by atoms with Crippen LogP contribution in [-0.2, 0) is 22.4 Å². The van der Waals surface area contributed by atoms with Crippen molar-refractivity contribution in [3.8, 4) is 0 Å². The van der Waals surface area contributed by atoms with Gasteiger partial charge in [0, 0.05) is 36.9 Å². The summed E-state index contributed by atoms with van der Waals surface area (Å²) in [6.45, 7) is 1.81. The number of carbonyl (C=O) groups excluding carboxylic acids is 1. The molecule has 2 heterocycles. The lowest BCUT2D eigenvalue weighted by atomic mass is 10.1. The average molecular weight is 331 g/mol. The zero-order valence-corrected chi connectivity index (χ0v) is 13.6. The Morgan fingerprint density at radius 2 is 2.04 bits per heavy atom. The van der Waals surface area contributed by atoms with Crippen LogP contribution in [0.5, 0.6) is 0 Å². The third-order valence-electron chi connectivity index (χ3n) is 4.00. The Kier molecular flexibility index (Phi) is 5.26. The van der Waals surface area contributed by atoms with Gasteiger partial charge in [0.2, 0.25) is 5.91 Å². The summed E-state index contributed by atoms with van der Waals surface area (Å²) in [5.74, 6) is 0.128. The van der Waals surface area contributed by atoms with E-state index in [4.69, 9.17) is 16.3 Å². The normalized spacial score (nSPS) is 18.0. The highest BCUT2D eigenvalue weighted by Gasteiger charge is 2.24. The van der Waals surface area contributed by atoms with Crippen molar-refractivity contribution >= 4 is 17.5 Å². The molecule has 1 fully saturated rings. The van der Waals surface area contributed by atoms with E-state index in [0.29, 0.717) is 26.1 Å². The van der Waals surface area contributed by atoms with Crippen LogP contribution < -0.4 is 0 Å². The first-order valence-corrected chi connectivity index (χ1v) is 8.12. The van der Waals surface area contributed by atoms with Crippen molar-refractivity contribution in [3.05, 3.63) is 64.9 Å². The minimum atomic E-state index is -0.00922. The van der Waals surface area contributed by atoms with Gasteiger partial charge in [-0.15, -0.1) is 0 Å². The van der Waals surface area contributed by atoms with Crippen LogP contribution in [0.1, 0.15) is 11.1 Å². The molecule has 1 unspecified atom stereocenters. The second kappa shape index (κ2) is 7.57. The maximum absolute atomic E-state index is 12.5. The van der Waals surface area contributed by atoms with E-state index in [1.807, 2.05) is 41.3 Å². The molecule has 1 aromatic heterocycles. The van der Waals surface area contributed by atoms with Crippen LogP contribution in [0.25, 0.3) is 0 Å². The van der Waals surface area contributed by atoms with Gasteiger partial charge in [-0.25, -0.2) is 0 Å². The van der Waals surface area contributed by atoms with Gasteiger partial charge < -0.3 is 9.64 Å². The maximum Gasteiger partial charge on any atom is 0.227 e. The molecule has 0 spiro atoms. The van der Waals surface area contributed by atoms with Crippen LogP contribution >= 0.6 is 11.6 Å². The van der Waals surface area contributed by atoms with Gasteiger partial charge in [-0.05, 0) is 29.3 Å². The predicted molar refractivity (Wildman–Crippen MR) is 89.4 cm³/mol. The number of aromatic nitrogens is 1. The molecule has 0 radical (unpaired) electrons. The summed E-state index contributed by atoms with van der Waals surface area (Å²) in [4.78, 5) is 18.3. The molecule has 4 nitrogen and oxygen atoms in total. The van der Waals surface area contributed by atoms with E-state index in [1.54, 1.807) is 12.4 Å². The minimum Gasteiger partial charge on any atom is -0.374 e.